The van der Waals surface area contributed by atoms with Crippen molar-refractivity contribution in [2.75, 3.05) is 38.8 Å². The number of nitrogens with zero attached hydrogens (tertiary/aromatic N) is 4. The highest BCUT2D eigenvalue weighted by Crippen LogP contribution is 2.27. The van der Waals surface area contributed by atoms with Crippen molar-refractivity contribution in [1.82, 2.24) is 29.3 Å². The zero-order chi connectivity index (χ0) is 31.6. The molecule has 2 heterocycles. The van der Waals surface area contributed by atoms with Crippen LogP contribution in [0.4, 0.5) is 0 Å². The van der Waals surface area contributed by atoms with Crippen LogP contribution < -0.4 is 20.1 Å². The molecule has 2 amide bonds. The van der Waals surface area contributed by atoms with Gasteiger partial charge in [-0.05, 0) is 84.4 Å². The Balaban J connectivity index is 0.000000241. The number of amides is 2. The van der Waals surface area contributed by atoms with Gasteiger partial charge in [-0.25, -0.2) is 9.97 Å². The molecular formula is C30H38N6O4S4. The van der Waals surface area contributed by atoms with Crippen LogP contribution in [0.2, 0.25) is 0 Å². The molecule has 4 aromatic rings. The predicted molar refractivity (Wildman–Crippen MR) is 181 cm³/mol. The molecule has 0 unspecified atom stereocenters. The van der Waals surface area contributed by atoms with Gasteiger partial charge in [-0.1, -0.05) is 50.2 Å². The number of hydrogen-bond donors (Lipinski definition) is 2. The predicted octanol–water partition coefficient (Wildman–Crippen LogP) is 6.44. The lowest BCUT2D eigenvalue weighted by Gasteiger charge is -2.02. The second-order valence-corrected chi connectivity index (χ2v) is 13.2. The molecule has 44 heavy (non-hydrogen) atoms. The Labute approximate surface area is 275 Å². The summed E-state index contributed by atoms with van der Waals surface area (Å²) in [5.74, 6) is 3.80. The number of carbonyl (C=O) groups is 2. The molecule has 0 radical (unpaired) electrons. The van der Waals surface area contributed by atoms with Gasteiger partial charge in [0.15, 0.2) is 20.3 Å². The number of hydrogen-bond acceptors (Lipinski definition) is 12. The van der Waals surface area contributed by atoms with Gasteiger partial charge in [0.25, 0.3) is 0 Å². The van der Waals surface area contributed by atoms with Crippen LogP contribution in [0.15, 0.2) is 57.2 Å². The number of rotatable bonds is 16. The van der Waals surface area contributed by atoms with Crippen molar-refractivity contribution in [3.05, 3.63) is 48.5 Å². The minimum absolute atomic E-state index is 0.0306. The SMILES string of the molecule is CCCCCNC(=O)CSc1nc(-c2ccc(OC)cc2)ns1.CCCNC(=O)CSc1nc(-c2ccc(OC)cc2)ns1. The molecule has 0 aliphatic carbocycles. The highest BCUT2D eigenvalue weighted by molar-refractivity contribution is 8.01. The summed E-state index contributed by atoms with van der Waals surface area (Å²) < 4.78 is 20.5. The number of carbonyl (C=O) groups excluding carboxylic acids is 2. The summed E-state index contributed by atoms with van der Waals surface area (Å²) in [5.41, 5.74) is 1.88. The third-order valence-corrected chi connectivity index (χ3v) is 9.51. The van der Waals surface area contributed by atoms with E-state index in [0.717, 1.165) is 63.5 Å². The van der Waals surface area contributed by atoms with Gasteiger partial charge in [0, 0.05) is 24.2 Å². The van der Waals surface area contributed by atoms with Gasteiger partial charge >= 0.3 is 0 Å². The summed E-state index contributed by atoms with van der Waals surface area (Å²) in [5, 5.41) is 5.76. The molecule has 0 spiro atoms. The first-order chi connectivity index (χ1) is 21.4. The molecule has 10 nitrogen and oxygen atoms in total. The molecule has 0 aliphatic heterocycles. The number of nitrogens with one attached hydrogen (secondary N) is 2. The van der Waals surface area contributed by atoms with Gasteiger partial charge in [-0.15, -0.1) is 0 Å². The van der Waals surface area contributed by atoms with E-state index >= 15 is 0 Å². The van der Waals surface area contributed by atoms with Crippen LogP contribution in [0.1, 0.15) is 39.5 Å². The van der Waals surface area contributed by atoms with E-state index in [1.807, 2.05) is 55.5 Å². The van der Waals surface area contributed by atoms with Crippen LogP contribution in [0.25, 0.3) is 22.8 Å². The highest BCUT2D eigenvalue weighted by Gasteiger charge is 2.11. The Morgan fingerprint density at radius 1 is 0.682 bits per heavy atom. The van der Waals surface area contributed by atoms with E-state index in [2.05, 4.69) is 36.3 Å². The molecule has 2 N–H and O–H groups in total. The highest BCUT2D eigenvalue weighted by atomic mass is 32.2. The van der Waals surface area contributed by atoms with E-state index < -0.39 is 0 Å². The quantitative estimate of drug-likeness (QED) is 0.101. The van der Waals surface area contributed by atoms with Crippen LogP contribution in [-0.2, 0) is 9.59 Å². The van der Waals surface area contributed by atoms with Crippen molar-refractivity contribution in [2.45, 2.75) is 48.2 Å². The molecule has 0 bridgehead atoms. The van der Waals surface area contributed by atoms with E-state index in [9.17, 15) is 9.59 Å². The zero-order valence-corrected chi connectivity index (χ0v) is 28.6. The van der Waals surface area contributed by atoms with E-state index in [-0.39, 0.29) is 11.8 Å². The number of thioether (sulfide) groups is 2. The van der Waals surface area contributed by atoms with E-state index in [1.165, 1.54) is 46.6 Å². The number of unbranched alkanes of at least 4 members (excludes halogenated alkanes) is 2. The van der Waals surface area contributed by atoms with Gasteiger partial charge < -0.3 is 20.1 Å². The molecule has 4 rings (SSSR count). The second-order valence-electron chi connectivity index (χ2n) is 9.21. The summed E-state index contributed by atoms with van der Waals surface area (Å²) in [6, 6.07) is 15.2. The fourth-order valence-corrected chi connectivity index (χ4v) is 6.37. The maximum atomic E-state index is 11.7. The first-order valence-electron chi connectivity index (χ1n) is 14.2. The van der Waals surface area contributed by atoms with Crippen molar-refractivity contribution in [1.29, 1.82) is 0 Å². The molecule has 0 saturated carbocycles. The smallest absolute Gasteiger partial charge is 0.230 e. The standard InChI is InChI=1S/C16H21N3O2S2.C14H17N3O2S2/c1-3-4-5-10-17-14(20)11-22-16-18-15(19-23-16)12-6-8-13(21-2)9-7-12;1-3-8-15-12(18)9-20-14-16-13(17-21-14)10-4-6-11(19-2)7-5-10/h6-9H,3-5,10-11H2,1-2H3,(H,17,20);4-7H,3,8-9H2,1-2H3,(H,15,18). The Morgan fingerprint density at radius 2 is 1.14 bits per heavy atom. The fourth-order valence-electron chi connectivity index (χ4n) is 3.47. The molecule has 2 aromatic heterocycles. The topological polar surface area (TPSA) is 128 Å². The van der Waals surface area contributed by atoms with Crippen LogP contribution in [-0.4, -0.2) is 69.3 Å². The molecular weight excluding hydrogens is 637 g/mol. The van der Waals surface area contributed by atoms with Crippen LogP contribution >= 0.6 is 46.6 Å². The van der Waals surface area contributed by atoms with Crippen molar-refractivity contribution < 1.29 is 19.1 Å². The van der Waals surface area contributed by atoms with Gasteiger partial charge in [0.05, 0.1) is 25.7 Å². The lowest BCUT2D eigenvalue weighted by molar-refractivity contribution is -0.119. The number of methoxy groups -OCH3 is 2. The maximum absolute atomic E-state index is 11.7. The van der Waals surface area contributed by atoms with Gasteiger partial charge in [0.1, 0.15) is 11.5 Å². The monoisotopic (exact) mass is 674 g/mol. The zero-order valence-electron chi connectivity index (χ0n) is 25.3. The van der Waals surface area contributed by atoms with Crippen LogP contribution in [0, 0.1) is 0 Å². The van der Waals surface area contributed by atoms with Crippen LogP contribution in [0.5, 0.6) is 11.5 Å². The fraction of sp³-hybridized carbons (Fsp3) is 0.400. The Bertz CT molecular complexity index is 1410. The molecule has 0 fully saturated rings. The van der Waals surface area contributed by atoms with Crippen molar-refractivity contribution in [3.8, 4) is 34.3 Å². The first kappa shape index (κ1) is 35.3. The number of benzene rings is 2. The van der Waals surface area contributed by atoms with Crippen molar-refractivity contribution in [3.63, 3.8) is 0 Å². The van der Waals surface area contributed by atoms with E-state index in [4.69, 9.17) is 9.47 Å². The van der Waals surface area contributed by atoms with Gasteiger partial charge in [-0.3, -0.25) is 9.59 Å². The third-order valence-electron chi connectivity index (χ3n) is 5.84. The molecule has 0 aliphatic rings. The third kappa shape index (κ3) is 12.4. The van der Waals surface area contributed by atoms with Crippen molar-refractivity contribution in [2.24, 2.45) is 0 Å². The molecule has 0 atom stereocenters. The van der Waals surface area contributed by atoms with Crippen LogP contribution in [0.3, 0.4) is 0 Å². The summed E-state index contributed by atoms with van der Waals surface area (Å²) >= 11 is 5.46. The largest absolute Gasteiger partial charge is 0.497 e. The Kier molecular flexibility index (Phi) is 16.0. The lowest BCUT2D eigenvalue weighted by Crippen LogP contribution is -2.26. The van der Waals surface area contributed by atoms with Gasteiger partial charge in [0.2, 0.25) is 11.8 Å². The summed E-state index contributed by atoms with van der Waals surface area (Å²) in [4.78, 5) is 32.2. The number of aromatic nitrogens is 4. The summed E-state index contributed by atoms with van der Waals surface area (Å²) in [6.45, 7) is 5.64. The maximum Gasteiger partial charge on any atom is 0.230 e. The number of ether oxygens (including phenoxy) is 2. The minimum Gasteiger partial charge on any atom is -0.497 e. The van der Waals surface area contributed by atoms with Gasteiger partial charge in [-0.2, -0.15) is 8.75 Å². The lowest BCUT2D eigenvalue weighted by atomic mass is 10.2. The van der Waals surface area contributed by atoms with E-state index in [0.29, 0.717) is 29.7 Å². The second kappa shape index (κ2) is 20.0. The Morgan fingerprint density at radius 3 is 1.55 bits per heavy atom. The summed E-state index contributed by atoms with van der Waals surface area (Å²) in [7, 11) is 3.27. The molecule has 14 heteroatoms. The first-order valence-corrected chi connectivity index (χ1v) is 17.7. The molecule has 2 aromatic carbocycles. The average molecular weight is 675 g/mol. The molecule has 0 saturated heterocycles. The molecule has 236 valence electrons. The van der Waals surface area contributed by atoms with E-state index in [1.54, 1.807) is 14.2 Å². The minimum atomic E-state index is 0.0306. The van der Waals surface area contributed by atoms with Crippen molar-refractivity contribution >= 4 is 58.4 Å². The summed E-state index contributed by atoms with van der Waals surface area (Å²) in [6.07, 6.45) is 4.28. The average Bonchev–Trinajstić information content (AvgIpc) is 3.75. The normalized spacial score (nSPS) is 10.5. The Hall–Kier alpha value is -3.20.